The zero-order chi connectivity index (χ0) is 13.8. The number of benzene rings is 1. The molecule has 0 saturated carbocycles. The first kappa shape index (κ1) is 13.7. The maximum absolute atomic E-state index is 12.1. The lowest BCUT2D eigenvalue weighted by molar-refractivity contribution is 0.166. The maximum Gasteiger partial charge on any atom is 0.322 e. The molecule has 1 saturated heterocycles. The molecule has 1 atom stereocenters. The van der Waals surface area contributed by atoms with Gasteiger partial charge < -0.3 is 20.1 Å². The number of nitrogens with one attached hydrogen (secondary N) is 1. The molecule has 1 heterocycles. The summed E-state index contributed by atoms with van der Waals surface area (Å²) in [5.41, 5.74) is 1.72. The number of ether oxygens (including phenoxy) is 1. The van der Waals surface area contributed by atoms with E-state index in [0.29, 0.717) is 6.54 Å². The Kier molecular flexibility index (Phi) is 4.27. The fraction of sp³-hybridized carbons (Fsp3) is 0.500. The second kappa shape index (κ2) is 5.93. The highest BCUT2D eigenvalue weighted by Crippen LogP contribution is 2.23. The fourth-order valence-corrected chi connectivity index (χ4v) is 2.44. The van der Waals surface area contributed by atoms with Gasteiger partial charge in [0.25, 0.3) is 0 Å². The Hall–Kier alpha value is -1.75. The first-order valence-electron chi connectivity index (χ1n) is 6.49. The van der Waals surface area contributed by atoms with Crippen LogP contribution in [-0.4, -0.2) is 42.3 Å². The van der Waals surface area contributed by atoms with Crippen molar-refractivity contribution < 1.29 is 14.6 Å². The minimum Gasteiger partial charge on any atom is -0.496 e. The topological polar surface area (TPSA) is 61.8 Å². The number of aliphatic hydroxyl groups excluding tert-OH is 1. The van der Waals surface area contributed by atoms with Gasteiger partial charge in [-0.15, -0.1) is 0 Å². The van der Waals surface area contributed by atoms with Crippen LogP contribution >= 0.6 is 0 Å². The number of amides is 2. The molecule has 0 bridgehead atoms. The van der Waals surface area contributed by atoms with Crippen molar-refractivity contribution in [3.63, 3.8) is 0 Å². The Morgan fingerprint density at radius 1 is 1.58 bits per heavy atom. The molecule has 1 aromatic carbocycles. The van der Waals surface area contributed by atoms with E-state index in [2.05, 4.69) is 5.32 Å². The SMILES string of the molecule is COc1ccc(NC(=O)N2CCC[C@H]2CO)cc1C. The third kappa shape index (κ3) is 2.98. The van der Waals surface area contributed by atoms with Crippen LogP contribution in [0.4, 0.5) is 10.5 Å². The molecule has 0 spiro atoms. The second-order valence-electron chi connectivity index (χ2n) is 4.79. The summed E-state index contributed by atoms with van der Waals surface area (Å²) in [6, 6.07) is 5.31. The molecule has 19 heavy (non-hydrogen) atoms. The number of anilines is 1. The first-order chi connectivity index (χ1) is 9.15. The number of aliphatic hydroxyl groups is 1. The number of methoxy groups -OCH3 is 1. The van der Waals surface area contributed by atoms with Crippen LogP contribution in [0.2, 0.25) is 0 Å². The number of rotatable bonds is 3. The Labute approximate surface area is 113 Å². The van der Waals surface area contributed by atoms with Gasteiger partial charge in [0.2, 0.25) is 0 Å². The van der Waals surface area contributed by atoms with Gasteiger partial charge in [0.15, 0.2) is 0 Å². The first-order valence-corrected chi connectivity index (χ1v) is 6.49. The molecule has 1 aliphatic rings. The zero-order valence-electron chi connectivity index (χ0n) is 11.3. The van der Waals surface area contributed by atoms with E-state index in [4.69, 9.17) is 4.74 Å². The summed E-state index contributed by atoms with van der Waals surface area (Å²) in [6.45, 7) is 2.65. The molecule has 1 fully saturated rings. The number of urea groups is 1. The highest BCUT2D eigenvalue weighted by Gasteiger charge is 2.27. The molecule has 0 unspecified atom stereocenters. The van der Waals surface area contributed by atoms with Crippen molar-refractivity contribution >= 4 is 11.7 Å². The summed E-state index contributed by atoms with van der Waals surface area (Å²) >= 11 is 0. The van der Waals surface area contributed by atoms with Crippen molar-refractivity contribution in [1.29, 1.82) is 0 Å². The Morgan fingerprint density at radius 2 is 2.37 bits per heavy atom. The lowest BCUT2D eigenvalue weighted by atomic mass is 10.2. The molecular weight excluding hydrogens is 244 g/mol. The van der Waals surface area contributed by atoms with Crippen LogP contribution in [0.1, 0.15) is 18.4 Å². The summed E-state index contributed by atoms with van der Waals surface area (Å²) < 4.78 is 5.18. The standard InChI is InChI=1S/C14H20N2O3/c1-10-8-11(5-6-13(10)19-2)15-14(18)16-7-3-4-12(16)9-17/h5-6,8,12,17H,3-4,7,9H2,1-2H3,(H,15,18)/t12-/m0/s1. The van der Waals surface area contributed by atoms with Crippen LogP contribution in [0.3, 0.4) is 0 Å². The van der Waals surface area contributed by atoms with E-state index < -0.39 is 0 Å². The predicted molar refractivity (Wildman–Crippen MR) is 73.6 cm³/mol. The van der Waals surface area contributed by atoms with Crippen LogP contribution in [0.25, 0.3) is 0 Å². The van der Waals surface area contributed by atoms with Gasteiger partial charge >= 0.3 is 6.03 Å². The molecule has 1 aromatic rings. The molecule has 5 heteroatoms. The van der Waals surface area contributed by atoms with Gasteiger partial charge in [-0.1, -0.05) is 0 Å². The predicted octanol–water partition coefficient (Wildman–Crippen LogP) is 1.99. The Balaban J connectivity index is 2.04. The number of nitrogens with zero attached hydrogens (tertiary/aromatic N) is 1. The summed E-state index contributed by atoms with van der Waals surface area (Å²) in [5, 5.41) is 12.1. The molecule has 1 aliphatic heterocycles. The molecule has 2 N–H and O–H groups in total. The molecule has 2 amide bonds. The largest absolute Gasteiger partial charge is 0.496 e. The van der Waals surface area contributed by atoms with Crippen LogP contribution in [0.5, 0.6) is 5.75 Å². The third-order valence-electron chi connectivity index (χ3n) is 3.49. The van der Waals surface area contributed by atoms with Gasteiger partial charge in [-0.2, -0.15) is 0 Å². The van der Waals surface area contributed by atoms with Gasteiger partial charge in [0, 0.05) is 12.2 Å². The summed E-state index contributed by atoms with van der Waals surface area (Å²) in [5.74, 6) is 0.799. The number of carbonyl (C=O) groups is 1. The van der Waals surface area contributed by atoms with Crippen molar-refractivity contribution in [1.82, 2.24) is 4.90 Å². The molecule has 2 rings (SSSR count). The van der Waals surface area contributed by atoms with E-state index in [0.717, 1.165) is 29.8 Å². The average Bonchev–Trinajstić information content (AvgIpc) is 2.87. The number of carbonyl (C=O) groups excluding carboxylic acids is 1. The molecular formula is C14H20N2O3. The molecule has 0 radical (unpaired) electrons. The van der Waals surface area contributed by atoms with Crippen LogP contribution in [0, 0.1) is 6.92 Å². The highest BCUT2D eigenvalue weighted by molar-refractivity contribution is 5.90. The third-order valence-corrected chi connectivity index (χ3v) is 3.49. The van der Waals surface area contributed by atoms with Crippen molar-refractivity contribution in [2.75, 3.05) is 25.6 Å². The van der Waals surface area contributed by atoms with Crippen molar-refractivity contribution in [2.24, 2.45) is 0 Å². The lowest BCUT2D eigenvalue weighted by Crippen LogP contribution is -2.40. The van der Waals surface area contributed by atoms with E-state index in [1.807, 2.05) is 25.1 Å². The lowest BCUT2D eigenvalue weighted by Gasteiger charge is -2.23. The van der Waals surface area contributed by atoms with Crippen molar-refractivity contribution in [2.45, 2.75) is 25.8 Å². The van der Waals surface area contributed by atoms with Gasteiger partial charge in [-0.3, -0.25) is 0 Å². The Morgan fingerprint density at radius 3 is 3.00 bits per heavy atom. The van der Waals surface area contributed by atoms with Crippen molar-refractivity contribution in [3.05, 3.63) is 23.8 Å². The minimum atomic E-state index is -0.152. The molecule has 0 aliphatic carbocycles. The zero-order valence-corrected chi connectivity index (χ0v) is 11.3. The van der Waals surface area contributed by atoms with Gasteiger partial charge in [-0.25, -0.2) is 4.79 Å². The van der Waals surface area contributed by atoms with Crippen molar-refractivity contribution in [3.8, 4) is 5.75 Å². The van der Waals surface area contributed by atoms with E-state index >= 15 is 0 Å². The van der Waals surface area contributed by atoms with Gasteiger partial charge in [0.05, 0.1) is 19.8 Å². The summed E-state index contributed by atoms with van der Waals surface area (Å²) in [6.07, 6.45) is 1.81. The van der Waals surface area contributed by atoms with Crippen LogP contribution in [-0.2, 0) is 0 Å². The minimum absolute atomic E-state index is 0.0229. The maximum atomic E-state index is 12.1. The summed E-state index contributed by atoms with van der Waals surface area (Å²) in [7, 11) is 1.62. The smallest absolute Gasteiger partial charge is 0.322 e. The Bertz CT molecular complexity index is 462. The van der Waals surface area contributed by atoms with E-state index in [1.165, 1.54) is 0 Å². The quantitative estimate of drug-likeness (QED) is 0.877. The monoisotopic (exact) mass is 264 g/mol. The number of hydrogen-bond donors (Lipinski definition) is 2. The van der Waals surface area contributed by atoms with E-state index in [-0.39, 0.29) is 18.7 Å². The molecule has 0 aromatic heterocycles. The normalized spacial score (nSPS) is 18.5. The van der Waals surface area contributed by atoms with Gasteiger partial charge in [-0.05, 0) is 43.5 Å². The van der Waals surface area contributed by atoms with E-state index in [1.54, 1.807) is 12.0 Å². The van der Waals surface area contributed by atoms with E-state index in [9.17, 15) is 9.90 Å². The highest BCUT2D eigenvalue weighted by atomic mass is 16.5. The van der Waals surface area contributed by atoms with Crippen LogP contribution < -0.4 is 10.1 Å². The van der Waals surface area contributed by atoms with Crippen LogP contribution in [0.15, 0.2) is 18.2 Å². The second-order valence-corrected chi connectivity index (χ2v) is 4.79. The fourth-order valence-electron chi connectivity index (χ4n) is 2.44. The molecule has 5 nitrogen and oxygen atoms in total. The number of aryl methyl sites for hydroxylation is 1. The average molecular weight is 264 g/mol. The molecule has 104 valence electrons. The number of likely N-dealkylation sites (tertiary alicyclic amines) is 1. The number of hydrogen-bond acceptors (Lipinski definition) is 3. The van der Waals surface area contributed by atoms with Gasteiger partial charge in [0.1, 0.15) is 5.75 Å². The summed E-state index contributed by atoms with van der Waals surface area (Å²) in [4.78, 5) is 13.8.